The molecule has 0 radical (unpaired) electrons. The highest BCUT2D eigenvalue weighted by atomic mass is 32.1. The zero-order valence-corrected chi connectivity index (χ0v) is 11.0. The van der Waals surface area contributed by atoms with E-state index in [-0.39, 0.29) is 5.82 Å². The standard InChI is InChI=1S/C13H13BFNO2S/c15-10-1-3-11(4-2-10)16-6-5-12-9(8-16)7-13(19-12)14(17)18/h1-4,7,17-18H,5-6,8H2. The van der Waals surface area contributed by atoms with Gasteiger partial charge in [0.25, 0.3) is 0 Å². The fourth-order valence-electron chi connectivity index (χ4n) is 2.36. The summed E-state index contributed by atoms with van der Waals surface area (Å²) in [6, 6.07) is 8.31. The van der Waals surface area contributed by atoms with E-state index in [4.69, 9.17) is 0 Å². The molecule has 98 valence electrons. The lowest BCUT2D eigenvalue weighted by Crippen LogP contribution is -2.29. The molecule has 0 atom stereocenters. The van der Waals surface area contributed by atoms with Crippen molar-refractivity contribution in [2.24, 2.45) is 0 Å². The van der Waals surface area contributed by atoms with Crippen LogP contribution in [0.4, 0.5) is 10.1 Å². The highest BCUT2D eigenvalue weighted by Crippen LogP contribution is 2.27. The third-order valence-corrected chi connectivity index (χ3v) is 4.61. The van der Waals surface area contributed by atoms with E-state index >= 15 is 0 Å². The highest BCUT2D eigenvalue weighted by molar-refractivity contribution is 7.22. The van der Waals surface area contributed by atoms with E-state index in [2.05, 4.69) is 4.90 Å². The molecule has 6 heteroatoms. The van der Waals surface area contributed by atoms with Gasteiger partial charge in [-0.2, -0.15) is 0 Å². The molecular weight excluding hydrogens is 264 g/mol. The van der Waals surface area contributed by atoms with Crippen LogP contribution < -0.4 is 9.68 Å². The molecular formula is C13H13BFNO2S. The first-order chi connectivity index (χ1) is 9.13. The van der Waals surface area contributed by atoms with Crippen LogP contribution in [0.25, 0.3) is 0 Å². The van der Waals surface area contributed by atoms with Crippen LogP contribution in [-0.4, -0.2) is 23.7 Å². The van der Waals surface area contributed by atoms with Crippen LogP contribution in [0.15, 0.2) is 30.3 Å². The van der Waals surface area contributed by atoms with E-state index in [1.54, 1.807) is 12.1 Å². The molecule has 2 N–H and O–H groups in total. The number of hydrogen-bond donors (Lipinski definition) is 2. The lowest BCUT2D eigenvalue weighted by Gasteiger charge is -2.29. The molecule has 0 spiro atoms. The molecule has 0 unspecified atom stereocenters. The molecule has 0 saturated carbocycles. The Hall–Kier alpha value is -1.37. The van der Waals surface area contributed by atoms with Gasteiger partial charge in [0.15, 0.2) is 0 Å². The Kier molecular flexibility index (Phi) is 3.30. The average molecular weight is 277 g/mol. The zero-order valence-electron chi connectivity index (χ0n) is 10.2. The number of rotatable bonds is 2. The summed E-state index contributed by atoms with van der Waals surface area (Å²) in [5, 5.41) is 18.4. The van der Waals surface area contributed by atoms with Crippen LogP contribution in [0.5, 0.6) is 0 Å². The van der Waals surface area contributed by atoms with Crippen molar-refractivity contribution in [1.82, 2.24) is 0 Å². The molecule has 2 aromatic rings. The SMILES string of the molecule is OB(O)c1cc2c(s1)CCN(c1ccc(F)cc1)C2. The molecule has 0 saturated heterocycles. The molecule has 1 aromatic carbocycles. The van der Waals surface area contributed by atoms with Crippen molar-refractivity contribution in [3.8, 4) is 0 Å². The van der Waals surface area contributed by atoms with Crippen molar-refractivity contribution in [1.29, 1.82) is 0 Å². The maximum Gasteiger partial charge on any atom is 0.499 e. The van der Waals surface area contributed by atoms with E-state index in [9.17, 15) is 14.4 Å². The summed E-state index contributed by atoms with van der Waals surface area (Å²) in [5.74, 6) is -0.234. The van der Waals surface area contributed by atoms with E-state index in [1.807, 2.05) is 6.07 Å². The van der Waals surface area contributed by atoms with Crippen molar-refractivity contribution < 1.29 is 14.4 Å². The fourth-order valence-corrected chi connectivity index (χ4v) is 3.39. The third kappa shape index (κ3) is 2.52. The molecule has 19 heavy (non-hydrogen) atoms. The van der Waals surface area contributed by atoms with Crippen molar-refractivity contribution in [2.45, 2.75) is 13.0 Å². The number of hydrogen-bond acceptors (Lipinski definition) is 4. The van der Waals surface area contributed by atoms with Gasteiger partial charge in [-0.05, 0) is 42.3 Å². The summed E-state index contributed by atoms with van der Waals surface area (Å²) in [6.45, 7) is 1.59. The topological polar surface area (TPSA) is 43.7 Å². The van der Waals surface area contributed by atoms with Gasteiger partial charge in [0, 0.05) is 28.4 Å². The Morgan fingerprint density at radius 3 is 2.63 bits per heavy atom. The van der Waals surface area contributed by atoms with E-state index < -0.39 is 7.12 Å². The Morgan fingerprint density at radius 2 is 1.95 bits per heavy atom. The van der Waals surface area contributed by atoms with E-state index in [1.165, 1.54) is 28.3 Å². The van der Waals surface area contributed by atoms with Gasteiger partial charge in [-0.15, -0.1) is 11.3 Å². The second kappa shape index (κ2) is 4.96. The zero-order chi connectivity index (χ0) is 13.4. The molecule has 0 bridgehead atoms. The van der Waals surface area contributed by atoms with Crippen LogP contribution in [0.2, 0.25) is 0 Å². The van der Waals surface area contributed by atoms with Gasteiger partial charge in [-0.3, -0.25) is 0 Å². The minimum absolute atomic E-state index is 0.234. The molecule has 1 aliphatic heterocycles. The molecule has 1 aliphatic rings. The molecule has 1 aromatic heterocycles. The van der Waals surface area contributed by atoms with Crippen LogP contribution in [-0.2, 0) is 13.0 Å². The van der Waals surface area contributed by atoms with Crippen molar-refractivity contribution >= 4 is 28.9 Å². The lowest BCUT2D eigenvalue weighted by molar-refractivity contribution is 0.427. The van der Waals surface area contributed by atoms with Crippen LogP contribution in [0.3, 0.4) is 0 Å². The number of thiophene rings is 1. The van der Waals surface area contributed by atoms with Crippen molar-refractivity contribution in [3.05, 3.63) is 46.6 Å². The summed E-state index contributed by atoms with van der Waals surface area (Å²) in [5.41, 5.74) is 2.12. The smallest absolute Gasteiger partial charge is 0.423 e. The summed E-state index contributed by atoms with van der Waals surface area (Å²) >= 11 is 1.46. The van der Waals surface area contributed by atoms with Gasteiger partial charge in [-0.1, -0.05) is 0 Å². The van der Waals surface area contributed by atoms with Crippen LogP contribution >= 0.6 is 11.3 Å². The van der Waals surface area contributed by atoms with Crippen LogP contribution in [0, 0.1) is 5.82 Å². The largest absolute Gasteiger partial charge is 0.499 e. The van der Waals surface area contributed by atoms with E-state index in [0.29, 0.717) is 4.78 Å². The predicted octanol–water partition coefficient (Wildman–Crippen LogP) is 1.13. The van der Waals surface area contributed by atoms with Gasteiger partial charge in [0.1, 0.15) is 5.82 Å². The Morgan fingerprint density at radius 1 is 1.21 bits per heavy atom. The Balaban J connectivity index is 1.83. The Bertz CT molecular complexity index is 585. The summed E-state index contributed by atoms with van der Waals surface area (Å²) in [7, 11) is -1.39. The normalized spacial score (nSPS) is 14.4. The lowest BCUT2D eigenvalue weighted by atomic mass is 9.88. The average Bonchev–Trinajstić information content (AvgIpc) is 2.82. The van der Waals surface area contributed by atoms with Crippen LogP contribution in [0.1, 0.15) is 10.4 Å². The minimum atomic E-state index is -1.39. The second-order valence-corrected chi connectivity index (χ2v) is 5.79. The van der Waals surface area contributed by atoms with E-state index in [0.717, 1.165) is 30.8 Å². The quantitative estimate of drug-likeness (QED) is 0.809. The second-order valence-electron chi connectivity index (χ2n) is 4.62. The minimum Gasteiger partial charge on any atom is -0.423 e. The first kappa shape index (κ1) is 12.7. The molecule has 0 aliphatic carbocycles. The first-order valence-electron chi connectivity index (χ1n) is 6.11. The van der Waals surface area contributed by atoms with Gasteiger partial charge in [0.2, 0.25) is 0 Å². The maximum absolute atomic E-state index is 12.9. The van der Waals surface area contributed by atoms with Gasteiger partial charge in [-0.25, -0.2) is 4.39 Å². The summed E-state index contributed by atoms with van der Waals surface area (Å²) in [4.78, 5) is 3.38. The molecule has 0 fully saturated rings. The monoisotopic (exact) mass is 277 g/mol. The van der Waals surface area contributed by atoms with Gasteiger partial charge in [0.05, 0.1) is 0 Å². The Labute approximate surface area is 115 Å². The molecule has 3 nitrogen and oxygen atoms in total. The predicted molar refractivity (Wildman–Crippen MR) is 75.3 cm³/mol. The number of anilines is 1. The molecule has 2 heterocycles. The number of nitrogens with zero attached hydrogens (tertiary/aromatic N) is 1. The third-order valence-electron chi connectivity index (χ3n) is 3.33. The van der Waals surface area contributed by atoms with Crippen molar-refractivity contribution in [2.75, 3.05) is 11.4 Å². The van der Waals surface area contributed by atoms with Crippen molar-refractivity contribution in [3.63, 3.8) is 0 Å². The first-order valence-corrected chi connectivity index (χ1v) is 6.93. The molecule has 0 amide bonds. The maximum atomic E-state index is 12.9. The summed E-state index contributed by atoms with van der Waals surface area (Å²) < 4.78 is 13.5. The summed E-state index contributed by atoms with van der Waals surface area (Å²) in [6.07, 6.45) is 0.879. The van der Waals surface area contributed by atoms with Gasteiger partial charge < -0.3 is 14.9 Å². The highest BCUT2D eigenvalue weighted by Gasteiger charge is 2.23. The number of benzene rings is 1. The van der Waals surface area contributed by atoms with Gasteiger partial charge >= 0.3 is 7.12 Å². The number of halogens is 1. The number of fused-ring (bicyclic) bond motifs is 1. The fraction of sp³-hybridized carbons (Fsp3) is 0.231. The molecule has 3 rings (SSSR count).